The van der Waals surface area contributed by atoms with Crippen molar-refractivity contribution in [2.24, 2.45) is 17.3 Å². The largest absolute Gasteiger partial charge is 0.497 e. The maximum absolute atomic E-state index is 11.9. The molecule has 4 rings (SSSR count). The molecule has 1 aromatic carbocycles. The smallest absolute Gasteiger partial charge is 0.305 e. The Morgan fingerprint density at radius 3 is 2.39 bits per heavy atom. The van der Waals surface area contributed by atoms with Crippen LogP contribution in [0.4, 0.5) is 0 Å². The summed E-state index contributed by atoms with van der Waals surface area (Å²) in [5, 5.41) is 0. The molecular formula is C23H30O5. The lowest BCUT2D eigenvalue weighted by atomic mass is 9.55. The van der Waals surface area contributed by atoms with Crippen LogP contribution >= 0.6 is 0 Å². The predicted octanol–water partition coefficient (Wildman–Crippen LogP) is 4.37. The number of fused-ring (bicyclic) bond motifs is 5. The van der Waals surface area contributed by atoms with Crippen LogP contribution in [0.15, 0.2) is 18.2 Å². The molecule has 0 aliphatic heterocycles. The van der Waals surface area contributed by atoms with E-state index in [0.717, 1.165) is 37.9 Å². The normalized spacial score (nSPS) is 32.5. The molecule has 0 saturated heterocycles. The number of esters is 2. The van der Waals surface area contributed by atoms with Gasteiger partial charge in [0, 0.05) is 25.7 Å². The van der Waals surface area contributed by atoms with E-state index in [0.29, 0.717) is 24.2 Å². The van der Waals surface area contributed by atoms with Crippen LogP contribution in [0, 0.1) is 17.3 Å². The van der Waals surface area contributed by atoms with Gasteiger partial charge in [0.1, 0.15) is 5.75 Å². The van der Waals surface area contributed by atoms with E-state index in [-0.39, 0.29) is 17.4 Å². The zero-order valence-corrected chi connectivity index (χ0v) is 17.2. The molecule has 0 amide bonds. The van der Waals surface area contributed by atoms with Crippen LogP contribution in [0.1, 0.15) is 69.9 Å². The van der Waals surface area contributed by atoms with E-state index >= 15 is 0 Å². The molecule has 0 bridgehead atoms. The highest BCUT2D eigenvalue weighted by atomic mass is 16.7. The maximum Gasteiger partial charge on any atom is 0.305 e. The molecule has 2 saturated carbocycles. The van der Waals surface area contributed by atoms with E-state index in [9.17, 15) is 9.59 Å². The molecule has 2 fully saturated rings. The van der Waals surface area contributed by atoms with E-state index in [4.69, 9.17) is 14.2 Å². The molecule has 0 aromatic heterocycles. The van der Waals surface area contributed by atoms with Crippen molar-refractivity contribution in [1.82, 2.24) is 0 Å². The number of carbonyl (C=O) groups is 2. The Hall–Kier alpha value is -2.04. The van der Waals surface area contributed by atoms with Crippen LogP contribution in [0.2, 0.25) is 0 Å². The molecule has 0 spiro atoms. The fraction of sp³-hybridized carbons (Fsp3) is 0.652. The molecule has 0 N–H and O–H groups in total. The minimum Gasteiger partial charge on any atom is -0.497 e. The number of carbonyl (C=O) groups excluding carboxylic acids is 2. The van der Waals surface area contributed by atoms with Crippen LogP contribution in [-0.2, 0) is 25.5 Å². The molecule has 0 radical (unpaired) electrons. The fourth-order valence-corrected chi connectivity index (χ4v) is 6.46. The van der Waals surface area contributed by atoms with Gasteiger partial charge in [-0.25, -0.2) is 0 Å². The molecule has 5 heteroatoms. The first-order valence-electron chi connectivity index (χ1n) is 10.4. The summed E-state index contributed by atoms with van der Waals surface area (Å²) in [6.45, 7) is 4.96. The summed E-state index contributed by atoms with van der Waals surface area (Å²) >= 11 is 0. The minimum absolute atomic E-state index is 0.338. The molecule has 1 aromatic rings. The van der Waals surface area contributed by atoms with Gasteiger partial charge in [0.25, 0.3) is 5.79 Å². The second-order valence-electron chi connectivity index (χ2n) is 8.92. The summed E-state index contributed by atoms with van der Waals surface area (Å²) < 4.78 is 16.9. The highest BCUT2D eigenvalue weighted by Crippen LogP contribution is 2.65. The van der Waals surface area contributed by atoms with Gasteiger partial charge in [-0.2, -0.15) is 0 Å². The number of benzene rings is 1. The zero-order chi connectivity index (χ0) is 20.1. The standard InChI is InChI=1S/C23H30O5/c1-14(24)27-23(28-15(2)25)12-10-21-20-7-5-16-13-17(26-4)6-8-18(16)19(20)9-11-22(21,23)3/h6,8,13,19-21H,5,7,9-12H2,1-4H3/t19-,20-,21-,22-/m0/s1. The molecule has 28 heavy (non-hydrogen) atoms. The van der Waals surface area contributed by atoms with Crippen molar-refractivity contribution >= 4 is 11.9 Å². The van der Waals surface area contributed by atoms with E-state index in [2.05, 4.69) is 25.1 Å². The summed E-state index contributed by atoms with van der Waals surface area (Å²) in [6, 6.07) is 6.47. The molecule has 4 atom stereocenters. The molecule has 152 valence electrons. The number of methoxy groups -OCH3 is 1. The lowest BCUT2D eigenvalue weighted by molar-refractivity contribution is -0.270. The lowest BCUT2D eigenvalue weighted by Crippen LogP contribution is -2.54. The Kier molecular flexibility index (Phi) is 4.67. The highest BCUT2D eigenvalue weighted by Gasteiger charge is 2.66. The molecule has 3 aliphatic carbocycles. The van der Waals surface area contributed by atoms with Crippen LogP contribution in [0.25, 0.3) is 0 Å². The van der Waals surface area contributed by atoms with E-state index in [1.807, 2.05) is 0 Å². The van der Waals surface area contributed by atoms with Crippen LogP contribution in [0.5, 0.6) is 5.75 Å². The molecule has 5 nitrogen and oxygen atoms in total. The first kappa shape index (κ1) is 19.3. The van der Waals surface area contributed by atoms with E-state index < -0.39 is 5.79 Å². The molecule has 3 aliphatic rings. The van der Waals surface area contributed by atoms with Gasteiger partial charge in [-0.15, -0.1) is 0 Å². The topological polar surface area (TPSA) is 61.8 Å². The molecule has 0 unspecified atom stereocenters. The maximum atomic E-state index is 11.9. The first-order valence-corrected chi connectivity index (χ1v) is 10.4. The van der Waals surface area contributed by atoms with Gasteiger partial charge in [0.2, 0.25) is 0 Å². The average molecular weight is 386 g/mol. The van der Waals surface area contributed by atoms with Crippen molar-refractivity contribution < 1.29 is 23.8 Å². The number of aryl methyl sites for hydroxylation is 1. The summed E-state index contributed by atoms with van der Waals surface area (Å²) in [5.74, 6) is 0.437. The van der Waals surface area contributed by atoms with Crippen LogP contribution < -0.4 is 4.74 Å². The summed E-state index contributed by atoms with van der Waals surface area (Å²) in [7, 11) is 1.71. The quantitative estimate of drug-likeness (QED) is 0.570. The number of hydrogen-bond acceptors (Lipinski definition) is 5. The third kappa shape index (κ3) is 2.82. The Bertz CT molecular complexity index is 784. The van der Waals surface area contributed by atoms with Crippen LogP contribution in [0.3, 0.4) is 0 Å². The van der Waals surface area contributed by atoms with Gasteiger partial charge in [0.15, 0.2) is 0 Å². The summed E-state index contributed by atoms with van der Waals surface area (Å²) in [5.41, 5.74) is 2.50. The monoisotopic (exact) mass is 386 g/mol. The summed E-state index contributed by atoms with van der Waals surface area (Å²) in [4.78, 5) is 23.8. The molecule has 0 heterocycles. The Labute approximate surface area is 166 Å². The second-order valence-corrected chi connectivity index (χ2v) is 8.92. The molecular weight excluding hydrogens is 356 g/mol. The van der Waals surface area contributed by atoms with Crippen molar-refractivity contribution in [2.75, 3.05) is 7.11 Å². The SMILES string of the molecule is COc1ccc2c(c1)CC[C@H]1[C@H]2CC[C@@]2(C)[C@H]1CCC2(OC(C)=O)OC(C)=O. The van der Waals surface area contributed by atoms with Gasteiger partial charge in [-0.05, 0) is 73.1 Å². The van der Waals surface area contributed by atoms with Crippen molar-refractivity contribution in [3.63, 3.8) is 0 Å². The first-order chi connectivity index (χ1) is 13.3. The number of hydrogen-bond donors (Lipinski definition) is 0. The van der Waals surface area contributed by atoms with Gasteiger partial charge < -0.3 is 14.2 Å². The Morgan fingerprint density at radius 1 is 1.04 bits per heavy atom. The van der Waals surface area contributed by atoms with Crippen molar-refractivity contribution in [2.45, 2.75) is 71.0 Å². The minimum atomic E-state index is -1.12. The lowest BCUT2D eigenvalue weighted by Gasteiger charge is -2.53. The van der Waals surface area contributed by atoms with E-state index in [1.165, 1.54) is 25.0 Å². The fourth-order valence-electron chi connectivity index (χ4n) is 6.46. The Balaban J connectivity index is 1.68. The van der Waals surface area contributed by atoms with Crippen molar-refractivity contribution in [3.8, 4) is 5.75 Å². The van der Waals surface area contributed by atoms with Gasteiger partial charge in [-0.1, -0.05) is 13.0 Å². The van der Waals surface area contributed by atoms with Crippen LogP contribution in [-0.4, -0.2) is 24.8 Å². The number of rotatable bonds is 3. The van der Waals surface area contributed by atoms with Gasteiger partial charge >= 0.3 is 11.9 Å². The van der Waals surface area contributed by atoms with Crippen molar-refractivity contribution in [1.29, 1.82) is 0 Å². The Morgan fingerprint density at radius 2 is 1.75 bits per heavy atom. The van der Waals surface area contributed by atoms with Gasteiger partial charge in [0.05, 0.1) is 7.11 Å². The van der Waals surface area contributed by atoms with Crippen molar-refractivity contribution in [3.05, 3.63) is 29.3 Å². The average Bonchev–Trinajstić information content (AvgIpc) is 2.92. The zero-order valence-electron chi connectivity index (χ0n) is 17.2. The van der Waals surface area contributed by atoms with Gasteiger partial charge in [-0.3, -0.25) is 9.59 Å². The van der Waals surface area contributed by atoms with E-state index in [1.54, 1.807) is 7.11 Å². The number of ether oxygens (including phenoxy) is 3. The predicted molar refractivity (Wildman–Crippen MR) is 104 cm³/mol. The third-order valence-corrected chi connectivity index (χ3v) is 7.60. The highest BCUT2D eigenvalue weighted by molar-refractivity contribution is 5.69. The third-order valence-electron chi connectivity index (χ3n) is 7.60. The summed E-state index contributed by atoms with van der Waals surface area (Å²) in [6.07, 6.45) is 5.55. The second kappa shape index (κ2) is 6.78.